The highest BCUT2D eigenvalue weighted by Crippen LogP contribution is 2.43. The summed E-state index contributed by atoms with van der Waals surface area (Å²) >= 11 is -0.618. The Bertz CT molecular complexity index is 522. The third-order valence-electron chi connectivity index (χ3n) is 1.83. The molecule has 0 aliphatic carbocycles. The van der Waals surface area contributed by atoms with E-state index in [4.69, 9.17) is 5.26 Å². The number of hydrogen-bond acceptors (Lipinski definition) is 5. The number of nitriles is 1. The van der Waals surface area contributed by atoms with Crippen LogP contribution in [0.2, 0.25) is 0 Å². The lowest BCUT2D eigenvalue weighted by atomic mass is 10.1. The van der Waals surface area contributed by atoms with E-state index in [1.165, 1.54) is 6.07 Å². The molecule has 0 radical (unpaired) electrons. The van der Waals surface area contributed by atoms with Gasteiger partial charge in [-0.3, -0.25) is 0 Å². The number of rotatable bonds is 2. The van der Waals surface area contributed by atoms with Gasteiger partial charge in [-0.1, -0.05) is 0 Å². The molecule has 0 aromatic heterocycles. The van der Waals surface area contributed by atoms with Crippen molar-refractivity contribution in [1.82, 2.24) is 0 Å². The van der Waals surface area contributed by atoms with Gasteiger partial charge in [0, 0.05) is 0 Å². The van der Waals surface area contributed by atoms with Crippen molar-refractivity contribution < 1.29 is 27.8 Å². The Kier molecular flexibility index (Phi) is 4.08. The number of nitrogens with zero attached hydrogens (tertiary/aromatic N) is 1. The summed E-state index contributed by atoms with van der Waals surface area (Å²) in [6, 6.07) is 3.24. The fourth-order valence-electron chi connectivity index (χ4n) is 1.16. The topological polar surface area (TPSA) is 70.3 Å². The first-order valence-corrected chi connectivity index (χ1v) is 5.21. The monoisotopic (exact) mass is 277 g/mol. The molecule has 0 aliphatic heterocycles. The first kappa shape index (κ1) is 14.2. The number of phenolic OH excluding ortho intramolecular Hbond substituents is 1. The molecule has 96 valence electrons. The van der Waals surface area contributed by atoms with E-state index in [0.717, 1.165) is 19.2 Å². The van der Waals surface area contributed by atoms with Gasteiger partial charge in [0.1, 0.15) is 11.8 Å². The zero-order valence-electron chi connectivity index (χ0n) is 8.91. The quantitative estimate of drug-likeness (QED) is 0.664. The molecule has 0 aliphatic rings. The zero-order chi connectivity index (χ0) is 13.9. The third kappa shape index (κ3) is 3.30. The Morgan fingerprint density at radius 2 is 2.11 bits per heavy atom. The normalized spacial score (nSPS) is 10.8. The predicted octanol–water partition coefficient (Wildman–Crippen LogP) is 2.66. The van der Waals surface area contributed by atoms with Gasteiger partial charge in [-0.05, 0) is 23.9 Å². The number of thioether (sulfide) groups is 1. The van der Waals surface area contributed by atoms with E-state index in [-0.39, 0.29) is 5.56 Å². The van der Waals surface area contributed by atoms with Crippen LogP contribution in [0.25, 0.3) is 0 Å². The summed E-state index contributed by atoms with van der Waals surface area (Å²) in [5.41, 5.74) is -5.29. The van der Waals surface area contributed by atoms with Gasteiger partial charge in [-0.15, -0.1) is 0 Å². The van der Waals surface area contributed by atoms with Crippen molar-refractivity contribution in [3.05, 3.63) is 23.3 Å². The van der Waals surface area contributed by atoms with Crippen molar-refractivity contribution in [3.8, 4) is 11.8 Å². The molecule has 1 rings (SSSR count). The van der Waals surface area contributed by atoms with Gasteiger partial charge in [0.2, 0.25) is 0 Å². The van der Waals surface area contributed by atoms with E-state index in [1.54, 1.807) is 0 Å². The maximum Gasteiger partial charge on any atom is 0.446 e. The van der Waals surface area contributed by atoms with E-state index in [2.05, 4.69) is 4.74 Å². The van der Waals surface area contributed by atoms with E-state index < -0.39 is 39.4 Å². The first-order chi connectivity index (χ1) is 8.28. The number of alkyl halides is 3. The lowest BCUT2D eigenvalue weighted by Crippen LogP contribution is -2.04. The minimum absolute atomic E-state index is 0.196. The molecule has 18 heavy (non-hydrogen) atoms. The fraction of sp³-hybridized carbons (Fsp3) is 0.200. The van der Waals surface area contributed by atoms with E-state index in [1.807, 2.05) is 0 Å². The van der Waals surface area contributed by atoms with Gasteiger partial charge in [0.25, 0.3) is 0 Å². The van der Waals surface area contributed by atoms with Crippen molar-refractivity contribution in [2.24, 2.45) is 0 Å². The molecule has 0 heterocycles. The van der Waals surface area contributed by atoms with Gasteiger partial charge in [-0.2, -0.15) is 18.4 Å². The van der Waals surface area contributed by atoms with Gasteiger partial charge in [-0.25, -0.2) is 4.79 Å². The molecule has 0 unspecified atom stereocenters. The number of carbonyl (C=O) groups is 1. The molecule has 0 spiro atoms. The summed E-state index contributed by atoms with van der Waals surface area (Å²) in [7, 11) is 1.07. The number of aromatic hydroxyl groups is 1. The molecule has 0 atom stereocenters. The molecule has 1 N–H and O–H groups in total. The van der Waals surface area contributed by atoms with Crippen LogP contribution >= 0.6 is 11.8 Å². The van der Waals surface area contributed by atoms with Crippen LogP contribution in [0.4, 0.5) is 13.2 Å². The summed E-state index contributed by atoms with van der Waals surface area (Å²) < 4.78 is 41.0. The van der Waals surface area contributed by atoms with Crippen LogP contribution < -0.4 is 0 Å². The van der Waals surface area contributed by atoms with Crippen molar-refractivity contribution in [3.63, 3.8) is 0 Å². The number of esters is 1. The van der Waals surface area contributed by atoms with Crippen molar-refractivity contribution >= 4 is 17.7 Å². The molecular formula is C10H6F3NO3S. The molecular weight excluding hydrogens is 271 g/mol. The summed E-state index contributed by atoms with van der Waals surface area (Å²) in [4.78, 5) is 10.5. The SMILES string of the molecule is COC(=O)c1cc(O)c(SC(F)(F)F)c(C#N)c1. The Balaban J connectivity index is 3.30. The van der Waals surface area contributed by atoms with E-state index >= 15 is 0 Å². The third-order valence-corrected chi connectivity index (χ3v) is 2.69. The van der Waals surface area contributed by atoms with E-state index in [9.17, 15) is 23.1 Å². The molecule has 8 heteroatoms. The number of phenols is 1. The van der Waals surface area contributed by atoms with Crippen LogP contribution in [-0.4, -0.2) is 23.7 Å². The number of benzene rings is 1. The lowest BCUT2D eigenvalue weighted by Gasteiger charge is -2.10. The predicted molar refractivity (Wildman–Crippen MR) is 56.1 cm³/mol. The lowest BCUT2D eigenvalue weighted by molar-refractivity contribution is -0.0329. The maximum absolute atomic E-state index is 12.2. The number of hydrogen-bond donors (Lipinski definition) is 1. The van der Waals surface area contributed by atoms with Crippen LogP contribution in [-0.2, 0) is 4.74 Å². The second kappa shape index (κ2) is 5.18. The summed E-state index contributed by atoms with van der Waals surface area (Å²) in [5, 5.41) is 18.2. The van der Waals surface area contributed by atoms with Gasteiger partial charge in [0.15, 0.2) is 0 Å². The van der Waals surface area contributed by atoms with E-state index in [0.29, 0.717) is 0 Å². The summed E-state index contributed by atoms with van der Waals surface area (Å²) in [6.45, 7) is 0. The van der Waals surface area contributed by atoms with Crippen LogP contribution in [0.5, 0.6) is 5.75 Å². The largest absolute Gasteiger partial charge is 0.507 e. The fourth-order valence-corrected chi connectivity index (χ4v) is 1.76. The molecule has 1 aromatic carbocycles. The van der Waals surface area contributed by atoms with Crippen LogP contribution in [0.15, 0.2) is 17.0 Å². The summed E-state index contributed by atoms with van der Waals surface area (Å²) in [5.74, 6) is -1.65. The molecule has 1 aromatic rings. The second-order valence-corrected chi connectivity index (χ2v) is 4.10. The standard InChI is InChI=1S/C10H6F3NO3S/c1-17-9(16)5-2-6(4-14)8(7(15)3-5)18-10(11,12)13/h2-3,15H,1H3. The van der Waals surface area contributed by atoms with Crippen molar-refractivity contribution in [1.29, 1.82) is 5.26 Å². The number of carbonyl (C=O) groups excluding carboxylic acids is 1. The van der Waals surface area contributed by atoms with Crippen LogP contribution in [0, 0.1) is 11.3 Å². The highest BCUT2D eigenvalue weighted by atomic mass is 32.2. The summed E-state index contributed by atoms with van der Waals surface area (Å²) in [6.07, 6.45) is 0. The number of ether oxygens (including phenoxy) is 1. The Labute approximate surface area is 104 Å². The Hall–Kier alpha value is -1.88. The Morgan fingerprint density at radius 3 is 2.56 bits per heavy atom. The highest BCUT2D eigenvalue weighted by Gasteiger charge is 2.32. The smallest absolute Gasteiger partial charge is 0.446 e. The minimum Gasteiger partial charge on any atom is -0.507 e. The number of methoxy groups -OCH3 is 1. The second-order valence-electron chi connectivity index (χ2n) is 3.02. The van der Waals surface area contributed by atoms with Gasteiger partial charge < -0.3 is 9.84 Å². The molecule has 0 saturated heterocycles. The number of halogens is 3. The molecule has 0 amide bonds. The van der Waals surface area contributed by atoms with Crippen molar-refractivity contribution in [2.75, 3.05) is 7.11 Å². The van der Waals surface area contributed by atoms with Gasteiger partial charge >= 0.3 is 11.5 Å². The molecule has 0 saturated carbocycles. The van der Waals surface area contributed by atoms with Gasteiger partial charge in [0.05, 0.1) is 23.1 Å². The zero-order valence-corrected chi connectivity index (χ0v) is 9.72. The van der Waals surface area contributed by atoms with Crippen molar-refractivity contribution in [2.45, 2.75) is 10.4 Å². The average Bonchev–Trinajstić information content (AvgIpc) is 2.28. The van der Waals surface area contributed by atoms with Crippen LogP contribution in [0.3, 0.4) is 0 Å². The maximum atomic E-state index is 12.2. The molecule has 0 bridgehead atoms. The Morgan fingerprint density at radius 1 is 1.50 bits per heavy atom. The average molecular weight is 277 g/mol. The van der Waals surface area contributed by atoms with Crippen LogP contribution in [0.1, 0.15) is 15.9 Å². The minimum atomic E-state index is -4.64. The first-order valence-electron chi connectivity index (χ1n) is 4.39. The highest BCUT2D eigenvalue weighted by molar-refractivity contribution is 8.00. The molecule has 0 fully saturated rings. The molecule has 4 nitrogen and oxygen atoms in total.